The molecule has 1 aromatic rings. The minimum atomic E-state index is -0.464. The number of hydrogen-bond donors (Lipinski definition) is 2. The maximum atomic E-state index is 12.3. The molecule has 1 heterocycles. The number of quaternary nitrogens is 1. The molecule has 1 unspecified atom stereocenters. The molecule has 2 atom stereocenters. The summed E-state index contributed by atoms with van der Waals surface area (Å²) < 4.78 is 16.0. The molecule has 1 saturated heterocycles. The average molecular weight is 351 g/mol. The first kappa shape index (κ1) is 19.1. The highest BCUT2D eigenvalue weighted by Gasteiger charge is 2.36. The second-order valence-electron chi connectivity index (χ2n) is 6.01. The lowest BCUT2D eigenvalue weighted by Crippen LogP contribution is -3.18. The molecule has 1 amide bonds. The van der Waals surface area contributed by atoms with Crippen molar-refractivity contribution in [3.63, 3.8) is 0 Å². The van der Waals surface area contributed by atoms with Crippen LogP contribution in [0.3, 0.4) is 0 Å². The fraction of sp³-hybridized carbons (Fsp3) is 0.556. The zero-order valence-electron chi connectivity index (χ0n) is 15.1. The molecule has 0 aromatic heterocycles. The number of hydrogen-bond acceptors (Lipinski definition) is 5. The average Bonchev–Trinajstić information content (AvgIpc) is 2.62. The van der Waals surface area contributed by atoms with Crippen molar-refractivity contribution in [2.75, 3.05) is 33.9 Å². The molecule has 2 N–H and O–H groups in total. The van der Waals surface area contributed by atoms with Crippen LogP contribution in [0.2, 0.25) is 0 Å². The van der Waals surface area contributed by atoms with Crippen LogP contribution in [0.25, 0.3) is 0 Å². The van der Waals surface area contributed by atoms with Crippen LogP contribution in [0.4, 0.5) is 0 Å². The van der Waals surface area contributed by atoms with Crippen molar-refractivity contribution in [2.24, 2.45) is 0 Å². The van der Waals surface area contributed by atoms with E-state index < -0.39 is 6.04 Å². The number of esters is 1. The summed E-state index contributed by atoms with van der Waals surface area (Å²) in [5.41, 5.74) is 0.943. The number of piperazine rings is 1. The smallest absolute Gasteiger partial charge is 0.312 e. The largest absolute Gasteiger partial charge is 0.493 e. The van der Waals surface area contributed by atoms with Crippen molar-refractivity contribution in [3.05, 3.63) is 23.8 Å². The molecule has 138 valence electrons. The van der Waals surface area contributed by atoms with Crippen molar-refractivity contribution in [3.8, 4) is 11.5 Å². The molecule has 25 heavy (non-hydrogen) atoms. The molecule has 0 spiro atoms. The molecule has 1 fully saturated rings. The van der Waals surface area contributed by atoms with E-state index in [1.807, 2.05) is 25.1 Å². The number of benzene rings is 1. The highest BCUT2D eigenvalue weighted by atomic mass is 16.5. The number of amides is 1. The van der Waals surface area contributed by atoms with Crippen LogP contribution in [0.5, 0.6) is 11.5 Å². The summed E-state index contributed by atoms with van der Waals surface area (Å²) in [6.45, 7) is 4.21. The topological polar surface area (TPSA) is 78.3 Å². The first-order valence-corrected chi connectivity index (χ1v) is 8.58. The molecule has 0 bridgehead atoms. The van der Waals surface area contributed by atoms with Gasteiger partial charge in [-0.3, -0.25) is 9.59 Å². The van der Waals surface area contributed by atoms with E-state index in [-0.39, 0.29) is 18.3 Å². The van der Waals surface area contributed by atoms with Gasteiger partial charge in [0.1, 0.15) is 13.0 Å². The number of carbonyl (C=O) groups is 2. The van der Waals surface area contributed by atoms with Gasteiger partial charge in [0, 0.05) is 0 Å². The van der Waals surface area contributed by atoms with Crippen molar-refractivity contribution in [1.82, 2.24) is 5.32 Å². The van der Waals surface area contributed by atoms with Gasteiger partial charge in [0.25, 0.3) is 5.91 Å². The highest BCUT2D eigenvalue weighted by Crippen LogP contribution is 2.30. The van der Waals surface area contributed by atoms with E-state index in [0.29, 0.717) is 31.2 Å². The van der Waals surface area contributed by atoms with Gasteiger partial charge < -0.3 is 24.4 Å². The number of rotatable bonds is 8. The molecular formula is C18H27N2O5+. The van der Waals surface area contributed by atoms with Crippen LogP contribution >= 0.6 is 0 Å². The molecule has 7 nitrogen and oxygen atoms in total. The van der Waals surface area contributed by atoms with Crippen LogP contribution in [0.1, 0.15) is 25.3 Å². The summed E-state index contributed by atoms with van der Waals surface area (Å²) in [7, 11) is 3.19. The lowest BCUT2D eigenvalue weighted by Gasteiger charge is -2.32. The molecule has 0 aliphatic carbocycles. The van der Waals surface area contributed by atoms with Gasteiger partial charge in [-0.1, -0.05) is 13.0 Å². The third-order valence-corrected chi connectivity index (χ3v) is 4.29. The number of nitrogens with one attached hydrogen (secondary N) is 2. The fourth-order valence-corrected chi connectivity index (χ4v) is 3.06. The molecule has 7 heteroatoms. The summed E-state index contributed by atoms with van der Waals surface area (Å²) in [6, 6.07) is 5.21. The van der Waals surface area contributed by atoms with Crippen LogP contribution in [-0.4, -0.2) is 51.8 Å². The second kappa shape index (κ2) is 9.27. The van der Waals surface area contributed by atoms with E-state index in [1.54, 1.807) is 14.2 Å². The van der Waals surface area contributed by atoms with Crippen molar-refractivity contribution >= 4 is 11.9 Å². The Hall–Kier alpha value is -2.28. The van der Waals surface area contributed by atoms with Crippen LogP contribution in [0, 0.1) is 0 Å². The minimum Gasteiger partial charge on any atom is -0.493 e. The maximum absolute atomic E-state index is 12.3. The lowest BCUT2D eigenvalue weighted by atomic mass is 10.1. The Morgan fingerprint density at radius 3 is 2.80 bits per heavy atom. The van der Waals surface area contributed by atoms with E-state index in [1.165, 1.54) is 0 Å². The Bertz CT molecular complexity index is 605. The zero-order chi connectivity index (χ0) is 18.2. The number of ether oxygens (including phenoxy) is 3. The standard InChI is InChI=1S/C18H26N2O5/c1-4-10-25-16(21)11-14-18(22)19-8-9-20(14)12-13-6-5-7-15(23-2)17(13)24-3/h5-7,14H,4,8-12H2,1-3H3,(H,19,22)/p+1/t14-/m0/s1. The summed E-state index contributed by atoms with van der Waals surface area (Å²) >= 11 is 0. The first-order chi connectivity index (χ1) is 12.1. The monoisotopic (exact) mass is 351 g/mol. The summed E-state index contributed by atoms with van der Waals surface area (Å²) in [5.74, 6) is 0.867. The van der Waals surface area contributed by atoms with Gasteiger partial charge in [0.2, 0.25) is 0 Å². The van der Waals surface area contributed by atoms with Gasteiger partial charge in [0.15, 0.2) is 17.5 Å². The Morgan fingerprint density at radius 2 is 2.12 bits per heavy atom. The third kappa shape index (κ3) is 4.85. The van der Waals surface area contributed by atoms with Gasteiger partial charge in [-0.15, -0.1) is 0 Å². The Balaban J connectivity index is 2.15. The lowest BCUT2D eigenvalue weighted by molar-refractivity contribution is -0.930. The van der Waals surface area contributed by atoms with E-state index in [9.17, 15) is 9.59 Å². The zero-order valence-corrected chi connectivity index (χ0v) is 15.1. The molecule has 1 aliphatic rings. The molecule has 1 aromatic carbocycles. The quantitative estimate of drug-likeness (QED) is 0.641. The summed E-state index contributed by atoms with van der Waals surface area (Å²) in [5, 5.41) is 2.84. The van der Waals surface area contributed by atoms with Gasteiger partial charge >= 0.3 is 5.97 Å². The molecule has 0 saturated carbocycles. The Kier molecular flexibility index (Phi) is 7.06. The normalized spacial score (nSPS) is 19.9. The highest BCUT2D eigenvalue weighted by molar-refractivity contribution is 5.85. The first-order valence-electron chi connectivity index (χ1n) is 8.58. The summed E-state index contributed by atoms with van der Waals surface area (Å²) in [6.07, 6.45) is 0.841. The van der Waals surface area contributed by atoms with Gasteiger partial charge in [-0.2, -0.15) is 0 Å². The maximum Gasteiger partial charge on any atom is 0.312 e. The van der Waals surface area contributed by atoms with E-state index in [0.717, 1.165) is 23.4 Å². The van der Waals surface area contributed by atoms with E-state index in [4.69, 9.17) is 14.2 Å². The summed E-state index contributed by atoms with van der Waals surface area (Å²) in [4.78, 5) is 25.3. The predicted molar refractivity (Wildman–Crippen MR) is 91.7 cm³/mol. The molecular weight excluding hydrogens is 324 g/mol. The van der Waals surface area contributed by atoms with Crippen molar-refractivity contribution in [2.45, 2.75) is 32.4 Å². The molecule has 1 aliphatic heterocycles. The van der Waals surface area contributed by atoms with Crippen LogP contribution in [-0.2, 0) is 20.9 Å². The second-order valence-corrected chi connectivity index (χ2v) is 6.01. The molecule has 0 radical (unpaired) electrons. The van der Waals surface area contributed by atoms with Gasteiger partial charge in [-0.05, 0) is 18.6 Å². The third-order valence-electron chi connectivity index (χ3n) is 4.29. The predicted octanol–water partition coefficient (Wildman–Crippen LogP) is -0.0696. The van der Waals surface area contributed by atoms with Gasteiger partial charge in [-0.25, -0.2) is 0 Å². The number of methoxy groups -OCH3 is 2. The Morgan fingerprint density at radius 1 is 1.32 bits per heavy atom. The van der Waals surface area contributed by atoms with E-state index in [2.05, 4.69) is 5.32 Å². The van der Waals surface area contributed by atoms with Gasteiger partial charge in [0.05, 0.1) is 39.5 Å². The van der Waals surface area contributed by atoms with Crippen LogP contribution < -0.4 is 19.7 Å². The van der Waals surface area contributed by atoms with Crippen molar-refractivity contribution in [1.29, 1.82) is 0 Å². The van der Waals surface area contributed by atoms with Crippen LogP contribution in [0.15, 0.2) is 18.2 Å². The molecule has 2 rings (SSSR count). The SMILES string of the molecule is CCCOC(=O)C[C@H]1C(=O)NCC[NH+]1Cc1cccc(OC)c1OC. The van der Waals surface area contributed by atoms with Crippen molar-refractivity contribution < 1.29 is 28.7 Å². The minimum absolute atomic E-state index is 0.0768. The Labute approximate surface area is 148 Å². The van der Waals surface area contributed by atoms with E-state index >= 15 is 0 Å². The number of para-hydroxylation sites is 1. The fourth-order valence-electron chi connectivity index (χ4n) is 3.06. The number of carbonyl (C=O) groups excluding carboxylic acids is 2.